The fourth-order valence-corrected chi connectivity index (χ4v) is 5.77. The maximum atomic E-state index is 14.2. The van der Waals surface area contributed by atoms with Crippen LogP contribution in [-0.2, 0) is 23.4 Å². The van der Waals surface area contributed by atoms with Crippen LogP contribution in [0.15, 0.2) is 41.3 Å². The van der Waals surface area contributed by atoms with Crippen molar-refractivity contribution in [2.45, 2.75) is 69.3 Å². The Morgan fingerprint density at radius 1 is 1.33 bits per heavy atom. The van der Waals surface area contributed by atoms with Gasteiger partial charge in [0.15, 0.2) is 17.9 Å². The third-order valence-electron chi connectivity index (χ3n) is 5.68. The summed E-state index contributed by atoms with van der Waals surface area (Å²) in [6, 6.07) is 6.70. The number of nitrogen functional groups attached to an aromatic ring is 1. The van der Waals surface area contributed by atoms with Crippen LogP contribution in [0.3, 0.4) is 0 Å². The minimum Gasteiger partial charge on any atom is -0.462 e. The second-order valence-corrected chi connectivity index (χ2v) is 11.5. The average Bonchev–Trinajstić information content (AvgIpc) is 3.12. The molecule has 12 nitrogen and oxygen atoms in total. The molecular formula is C23H30ClF2N4O8P. The molecule has 1 unspecified atom stereocenters. The smallest absolute Gasteiger partial charge is 0.459 e. The molecule has 0 amide bonds. The van der Waals surface area contributed by atoms with E-state index in [0.29, 0.717) is 10.8 Å². The number of halogens is 3. The topological polar surface area (TPSA) is 164 Å². The number of hydrogen-bond acceptors (Lipinski definition) is 10. The van der Waals surface area contributed by atoms with Crippen molar-refractivity contribution in [1.29, 1.82) is 0 Å². The van der Waals surface area contributed by atoms with E-state index in [4.69, 9.17) is 35.9 Å². The van der Waals surface area contributed by atoms with Crippen LogP contribution in [0, 0.1) is 5.82 Å². The Balaban J connectivity index is 1.91. The molecular weight excluding hydrogens is 565 g/mol. The number of para-hydroxylation sites is 1. The van der Waals surface area contributed by atoms with E-state index in [-0.39, 0.29) is 5.75 Å². The summed E-state index contributed by atoms with van der Waals surface area (Å²) >= 11 is 6.36. The first kappa shape index (κ1) is 30.9. The zero-order valence-corrected chi connectivity index (χ0v) is 23.1. The second kappa shape index (κ2) is 12.3. The van der Waals surface area contributed by atoms with E-state index in [2.05, 4.69) is 10.1 Å². The first-order valence-corrected chi connectivity index (χ1v) is 13.8. The van der Waals surface area contributed by atoms with Gasteiger partial charge in [-0.1, -0.05) is 18.2 Å². The molecule has 1 aromatic heterocycles. The van der Waals surface area contributed by atoms with E-state index in [1.165, 1.54) is 26.0 Å². The molecule has 216 valence electrons. The lowest BCUT2D eigenvalue weighted by molar-refractivity contribution is -0.149. The Bertz CT molecular complexity index is 1270. The third kappa shape index (κ3) is 6.94. The van der Waals surface area contributed by atoms with E-state index in [1.54, 1.807) is 32.0 Å². The van der Waals surface area contributed by atoms with Crippen molar-refractivity contribution >= 4 is 31.1 Å². The fourth-order valence-electron chi connectivity index (χ4n) is 3.79. The molecule has 0 bridgehead atoms. The summed E-state index contributed by atoms with van der Waals surface area (Å²) in [4.78, 5) is 25.8. The highest BCUT2D eigenvalue weighted by atomic mass is 35.5. The maximum absolute atomic E-state index is 14.2. The van der Waals surface area contributed by atoms with Gasteiger partial charge < -0.3 is 24.8 Å². The number of rotatable bonds is 11. The summed E-state index contributed by atoms with van der Waals surface area (Å²) in [6.07, 6.45) is -6.31. The highest BCUT2D eigenvalue weighted by Crippen LogP contribution is 2.50. The molecule has 2 aromatic rings. The van der Waals surface area contributed by atoms with Crippen LogP contribution in [0.4, 0.5) is 14.6 Å². The van der Waals surface area contributed by atoms with Crippen LogP contribution in [0.5, 0.6) is 5.75 Å². The number of alkyl halides is 2. The zero-order chi connectivity index (χ0) is 29.1. The lowest BCUT2D eigenvalue weighted by Crippen LogP contribution is -2.47. The summed E-state index contributed by atoms with van der Waals surface area (Å²) in [5.74, 6) is -2.44. The number of aliphatic hydroxyl groups is 1. The molecule has 0 spiro atoms. The summed E-state index contributed by atoms with van der Waals surface area (Å²) in [7, 11) is -4.43. The number of carbonyl (C=O) groups is 1. The van der Waals surface area contributed by atoms with Gasteiger partial charge >= 0.3 is 19.4 Å². The Morgan fingerprint density at radius 2 is 1.97 bits per heavy atom. The molecule has 7 atom stereocenters. The normalized spacial score (nSPS) is 26.1. The number of hydrogen-bond donors (Lipinski definition) is 3. The Labute approximate surface area is 227 Å². The number of nitrogens with zero attached hydrogens (tertiary/aromatic N) is 2. The van der Waals surface area contributed by atoms with E-state index in [0.717, 1.165) is 0 Å². The van der Waals surface area contributed by atoms with Crippen molar-refractivity contribution in [3.63, 3.8) is 0 Å². The summed E-state index contributed by atoms with van der Waals surface area (Å²) < 4.78 is 64.7. The van der Waals surface area contributed by atoms with Gasteiger partial charge in [0.25, 0.3) is 0 Å². The molecule has 1 aliphatic heterocycles. The minimum atomic E-state index is -4.43. The van der Waals surface area contributed by atoms with Crippen LogP contribution in [0.2, 0.25) is 0 Å². The fraction of sp³-hybridized carbons (Fsp3) is 0.522. The van der Waals surface area contributed by atoms with Crippen molar-refractivity contribution in [2.75, 3.05) is 12.4 Å². The lowest BCUT2D eigenvalue weighted by atomic mass is 9.97. The summed E-state index contributed by atoms with van der Waals surface area (Å²) in [5.41, 5.74) is 4.19. The van der Waals surface area contributed by atoms with Crippen LogP contribution in [0.25, 0.3) is 0 Å². The largest absolute Gasteiger partial charge is 0.462 e. The van der Waals surface area contributed by atoms with Gasteiger partial charge in [0.1, 0.15) is 35.5 Å². The molecule has 1 saturated heterocycles. The van der Waals surface area contributed by atoms with E-state index in [1.807, 2.05) is 0 Å². The Hall–Kier alpha value is -2.61. The van der Waals surface area contributed by atoms with Crippen molar-refractivity contribution in [3.05, 3.63) is 52.8 Å². The van der Waals surface area contributed by atoms with Crippen LogP contribution < -0.4 is 21.0 Å². The van der Waals surface area contributed by atoms with Gasteiger partial charge in [0.05, 0.1) is 18.4 Å². The molecule has 0 saturated carbocycles. The molecule has 4 N–H and O–H groups in total. The summed E-state index contributed by atoms with van der Waals surface area (Å²) in [6.45, 7) is 4.54. The van der Waals surface area contributed by atoms with Crippen molar-refractivity contribution < 1.29 is 41.8 Å². The number of esters is 1. The molecule has 16 heteroatoms. The van der Waals surface area contributed by atoms with E-state index < -0.39 is 79.3 Å². The number of aliphatic hydroxyl groups excluding tert-OH is 1. The molecule has 0 radical (unpaired) electrons. The van der Waals surface area contributed by atoms with Gasteiger partial charge in [-0.3, -0.25) is 13.9 Å². The highest BCUT2D eigenvalue weighted by Gasteiger charge is 2.59. The monoisotopic (exact) mass is 594 g/mol. The third-order valence-corrected chi connectivity index (χ3v) is 7.96. The Kier molecular flexibility index (Phi) is 9.73. The van der Waals surface area contributed by atoms with Crippen LogP contribution in [0.1, 0.15) is 33.9 Å². The molecule has 0 aliphatic carbocycles. The number of aromatic nitrogens is 2. The lowest BCUT2D eigenvalue weighted by Gasteiger charge is -2.30. The second-order valence-electron chi connectivity index (χ2n) is 9.17. The predicted octanol–water partition coefficient (Wildman–Crippen LogP) is 2.69. The van der Waals surface area contributed by atoms with E-state index >= 15 is 0 Å². The van der Waals surface area contributed by atoms with E-state index in [9.17, 15) is 28.0 Å². The van der Waals surface area contributed by atoms with Gasteiger partial charge in [0.2, 0.25) is 0 Å². The van der Waals surface area contributed by atoms with Crippen LogP contribution in [-0.4, -0.2) is 62.6 Å². The van der Waals surface area contributed by atoms with Gasteiger partial charge in [-0.25, -0.2) is 18.1 Å². The zero-order valence-electron chi connectivity index (χ0n) is 21.5. The number of nitrogens with two attached hydrogens (primary N) is 1. The average molecular weight is 595 g/mol. The van der Waals surface area contributed by atoms with Crippen molar-refractivity contribution in [2.24, 2.45) is 0 Å². The summed E-state index contributed by atoms with van der Waals surface area (Å²) in [5, 5.41) is 13.4. The number of anilines is 1. The van der Waals surface area contributed by atoms with Gasteiger partial charge in [-0.2, -0.15) is 10.1 Å². The van der Waals surface area contributed by atoms with Gasteiger partial charge in [0, 0.05) is 0 Å². The quantitative estimate of drug-likeness (QED) is 0.199. The molecule has 39 heavy (non-hydrogen) atoms. The number of ether oxygens (including phenoxy) is 2. The predicted molar refractivity (Wildman–Crippen MR) is 136 cm³/mol. The Morgan fingerprint density at radius 3 is 2.56 bits per heavy atom. The van der Waals surface area contributed by atoms with Crippen molar-refractivity contribution in [1.82, 2.24) is 14.6 Å². The highest BCUT2D eigenvalue weighted by molar-refractivity contribution is 7.52. The molecule has 1 aromatic carbocycles. The first-order valence-electron chi connectivity index (χ1n) is 11.8. The SMILES string of the molecule is CC(C)OC(=O)[C@H](C)N[P@@](=O)(Oc1ccccc1)O[C@H](C)[C@H]1O[C@@H](n2cc(F)c(N)nc2=O)[C@@](Cl)(CF)C1O. The molecule has 1 aliphatic rings. The molecule has 2 heterocycles. The standard InChI is InChI=1S/C23H30ClF2N4O8P/c1-12(2)35-20(32)13(3)29-39(34,38-15-8-6-5-7-9-15)37-14(4)17-18(31)23(24,11-25)21(36-17)30-10-16(26)19(27)28-22(30)33/h5-10,12-14,17-18,21,31H,11H2,1-4H3,(H,29,34)(H2,27,28,33)/t13-,14+,17+,18?,21+,23+,39-/m0/s1. The maximum Gasteiger partial charge on any atom is 0.459 e. The van der Waals surface area contributed by atoms with Gasteiger partial charge in [-0.05, 0) is 39.8 Å². The number of benzene rings is 1. The first-order chi connectivity index (χ1) is 18.2. The minimum absolute atomic E-state index is 0.112. The molecule has 3 rings (SSSR count). The van der Waals surface area contributed by atoms with Crippen molar-refractivity contribution in [3.8, 4) is 5.75 Å². The number of carbonyl (C=O) groups excluding carboxylic acids is 1. The van der Waals surface area contributed by atoms with Crippen LogP contribution >= 0.6 is 19.3 Å². The molecule has 1 fully saturated rings. The van der Waals surface area contributed by atoms with Gasteiger partial charge in [-0.15, -0.1) is 11.6 Å². The number of nitrogens with one attached hydrogen (secondary N) is 1.